The Morgan fingerprint density at radius 2 is 2.00 bits per heavy atom. The molecule has 2 N–H and O–H groups in total. The SMILES string of the molecule is CC(CCCO)NCc1cc(C(F)(F)F)ccc1F. The Bertz CT molecular complexity index is 406. The molecule has 0 aromatic heterocycles. The van der Waals surface area contributed by atoms with Gasteiger partial charge in [-0.05, 0) is 38.0 Å². The van der Waals surface area contributed by atoms with Crippen molar-refractivity contribution in [1.82, 2.24) is 5.32 Å². The van der Waals surface area contributed by atoms with Gasteiger partial charge in [0.1, 0.15) is 5.82 Å². The zero-order valence-corrected chi connectivity index (χ0v) is 10.6. The van der Waals surface area contributed by atoms with Gasteiger partial charge < -0.3 is 10.4 Å². The minimum Gasteiger partial charge on any atom is -0.396 e. The first-order chi connectivity index (χ1) is 8.84. The summed E-state index contributed by atoms with van der Waals surface area (Å²) in [4.78, 5) is 0. The summed E-state index contributed by atoms with van der Waals surface area (Å²) in [5, 5.41) is 11.6. The zero-order valence-electron chi connectivity index (χ0n) is 10.6. The molecule has 0 aliphatic carbocycles. The molecule has 0 fully saturated rings. The molecular formula is C13H17F4NO. The van der Waals surface area contributed by atoms with E-state index in [2.05, 4.69) is 5.32 Å². The quantitative estimate of drug-likeness (QED) is 0.784. The Morgan fingerprint density at radius 3 is 2.58 bits per heavy atom. The molecule has 1 rings (SSSR count). The van der Waals surface area contributed by atoms with Gasteiger partial charge >= 0.3 is 6.18 Å². The first-order valence-corrected chi connectivity index (χ1v) is 6.04. The Labute approximate surface area is 109 Å². The highest BCUT2D eigenvalue weighted by Gasteiger charge is 2.31. The molecule has 0 saturated carbocycles. The van der Waals surface area contributed by atoms with Crippen LogP contribution in [0.15, 0.2) is 18.2 Å². The third-order valence-corrected chi connectivity index (χ3v) is 2.81. The molecule has 0 saturated heterocycles. The number of aliphatic hydroxyl groups is 1. The molecular weight excluding hydrogens is 262 g/mol. The van der Waals surface area contributed by atoms with E-state index in [4.69, 9.17) is 5.11 Å². The Hall–Kier alpha value is -1.14. The number of nitrogens with one attached hydrogen (secondary N) is 1. The van der Waals surface area contributed by atoms with Crippen molar-refractivity contribution in [3.05, 3.63) is 35.1 Å². The van der Waals surface area contributed by atoms with Gasteiger partial charge in [-0.3, -0.25) is 0 Å². The average molecular weight is 279 g/mol. The zero-order chi connectivity index (χ0) is 14.5. The van der Waals surface area contributed by atoms with E-state index in [0.29, 0.717) is 12.8 Å². The van der Waals surface area contributed by atoms with E-state index in [0.717, 1.165) is 18.2 Å². The molecule has 6 heteroatoms. The molecule has 0 amide bonds. The van der Waals surface area contributed by atoms with Crippen LogP contribution in [0.25, 0.3) is 0 Å². The van der Waals surface area contributed by atoms with E-state index in [-0.39, 0.29) is 24.8 Å². The number of aliphatic hydroxyl groups excluding tert-OH is 1. The van der Waals surface area contributed by atoms with Gasteiger partial charge in [-0.25, -0.2) is 4.39 Å². The summed E-state index contributed by atoms with van der Waals surface area (Å²) in [6.45, 7) is 1.92. The lowest BCUT2D eigenvalue weighted by atomic mass is 10.1. The fourth-order valence-electron chi connectivity index (χ4n) is 1.67. The summed E-state index contributed by atoms with van der Waals surface area (Å²) < 4.78 is 50.9. The van der Waals surface area contributed by atoms with E-state index in [1.54, 1.807) is 0 Å². The highest BCUT2D eigenvalue weighted by molar-refractivity contribution is 5.27. The maximum atomic E-state index is 13.4. The number of rotatable bonds is 6. The van der Waals surface area contributed by atoms with E-state index in [1.807, 2.05) is 6.92 Å². The lowest BCUT2D eigenvalue weighted by Gasteiger charge is -2.15. The molecule has 1 aromatic rings. The lowest BCUT2D eigenvalue weighted by molar-refractivity contribution is -0.137. The number of alkyl halides is 3. The van der Waals surface area contributed by atoms with Gasteiger partial charge in [0.15, 0.2) is 0 Å². The molecule has 2 nitrogen and oxygen atoms in total. The van der Waals surface area contributed by atoms with Crippen molar-refractivity contribution in [2.24, 2.45) is 0 Å². The molecule has 0 radical (unpaired) electrons. The highest BCUT2D eigenvalue weighted by Crippen LogP contribution is 2.30. The van der Waals surface area contributed by atoms with E-state index in [9.17, 15) is 17.6 Å². The number of benzene rings is 1. The smallest absolute Gasteiger partial charge is 0.396 e. The molecule has 108 valence electrons. The second-order valence-electron chi connectivity index (χ2n) is 4.45. The number of hydrogen-bond acceptors (Lipinski definition) is 2. The third kappa shape index (κ3) is 5.16. The van der Waals surface area contributed by atoms with Crippen LogP contribution in [0.2, 0.25) is 0 Å². The van der Waals surface area contributed by atoms with Crippen LogP contribution in [0.1, 0.15) is 30.9 Å². The standard InChI is InChI=1S/C13H17F4NO/c1-9(3-2-6-19)18-8-10-7-11(13(15,16)17)4-5-12(10)14/h4-5,7,9,18-19H,2-3,6,8H2,1H3. The van der Waals surface area contributed by atoms with Gasteiger partial charge in [-0.15, -0.1) is 0 Å². The topological polar surface area (TPSA) is 32.3 Å². The Kier molecular flexibility index (Phi) is 5.75. The summed E-state index contributed by atoms with van der Waals surface area (Å²) in [5.74, 6) is -0.658. The molecule has 1 atom stereocenters. The summed E-state index contributed by atoms with van der Waals surface area (Å²) in [6, 6.07) is 2.38. The first kappa shape index (κ1) is 15.9. The van der Waals surface area contributed by atoms with Crippen molar-refractivity contribution < 1.29 is 22.7 Å². The molecule has 0 heterocycles. The highest BCUT2D eigenvalue weighted by atomic mass is 19.4. The predicted molar refractivity (Wildman–Crippen MR) is 64.0 cm³/mol. The van der Waals surface area contributed by atoms with Crippen LogP contribution in [0.3, 0.4) is 0 Å². The van der Waals surface area contributed by atoms with Crippen LogP contribution in [-0.2, 0) is 12.7 Å². The van der Waals surface area contributed by atoms with E-state index >= 15 is 0 Å². The van der Waals surface area contributed by atoms with Crippen molar-refractivity contribution in [1.29, 1.82) is 0 Å². The lowest BCUT2D eigenvalue weighted by Crippen LogP contribution is -2.26. The van der Waals surface area contributed by atoms with Crippen LogP contribution < -0.4 is 5.32 Å². The first-order valence-electron chi connectivity index (χ1n) is 6.04. The van der Waals surface area contributed by atoms with Crippen LogP contribution in [-0.4, -0.2) is 17.8 Å². The van der Waals surface area contributed by atoms with Crippen molar-refractivity contribution in [2.45, 2.75) is 38.5 Å². The van der Waals surface area contributed by atoms with Crippen molar-refractivity contribution >= 4 is 0 Å². The Balaban J connectivity index is 2.67. The molecule has 1 aromatic carbocycles. The van der Waals surface area contributed by atoms with Crippen molar-refractivity contribution in [3.8, 4) is 0 Å². The number of hydrogen-bond donors (Lipinski definition) is 2. The summed E-state index contributed by atoms with van der Waals surface area (Å²) in [5.41, 5.74) is -0.862. The summed E-state index contributed by atoms with van der Waals surface area (Å²) in [7, 11) is 0. The van der Waals surface area contributed by atoms with Crippen LogP contribution >= 0.6 is 0 Å². The van der Waals surface area contributed by atoms with Crippen molar-refractivity contribution in [3.63, 3.8) is 0 Å². The average Bonchev–Trinajstić information content (AvgIpc) is 2.33. The predicted octanol–water partition coefficient (Wildman–Crippen LogP) is 3.10. The minimum absolute atomic E-state index is 0.00101. The normalized spacial score (nSPS) is 13.6. The van der Waals surface area contributed by atoms with Gasteiger partial charge in [0.25, 0.3) is 0 Å². The monoisotopic (exact) mass is 279 g/mol. The second kappa shape index (κ2) is 6.86. The van der Waals surface area contributed by atoms with Crippen LogP contribution in [0, 0.1) is 5.82 Å². The van der Waals surface area contributed by atoms with Gasteiger partial charge in [0.05, 0.1) is 5.56 Å². The fraction of sp³-hybridized carbons (Fsp3) is 0.538. The maximum absolute atomic E-state index is 13.4. The van der Waals surface area contributed by atoms with Gasteiger partial charge in [-0.2, -0.15) is 13.2 Å². The molecule has 0 bridgehead atoms. The van der Waals surface area contributed by atoms with E-state index < -0.39 is 17.6 Å². The Morgan fingerprint density at radius 1 is 1.32 bits per heavy atom. The van der Waals surface area contributed by atoms with Gasteiger partial charge in [0.2, 0.25) is 0 Å². The minimum atomic E-state index is -4.47. The fourth-order valence-corrected chi connectivity index (χ4v) is 1.67. The van der Waals surface area contributed by atoms with Gasteiger partial charge in [-0.1, -0.05) is 0 Å². The van der Waals surface area contributed by atoms with Crippen LogP contribution in [0.4, 0.5) is 17.6 Å². The molecule has 0 aliphatic rings. The second-order valence-corrected chi connectivity index (χ2v) is 4.45. The number of halogens is 4. The summed E-state index contributed by atoms with van der Waals surface area (Å²) in [6.07, 6.45) is -3.19. The largest absolute Gasteiger partial charge is 0.416 e. The van der Waals surface area contributed by atoms with E-state index in [1.165, 1.54) is 0 Å². The van der Waals surface area contributed by atoms with Crippen LogP contribution in [0.5, 0.6) is 0 Å². The molecule has 1 unspecified atom stereocenters. The molecule has 0 spiro atoms. The molecule has 19 heavy (non-hydrogen) atoms. The molecule has 0 aliphatic heterocycles. The third-order valence-electron chi connectivity index (χ3n) is 2.81. The maximum Gasteiger partial charge on any atom is 0.416 e. The van der Waals surface area contributed by atoms with Gasteiger partial charge in [0, 0.05) is 24.8 Å². The summed E-state index contributed by atoms with van der Waals surface area (Å²) >= 11 is 0. The van der Waals surface area contributed by atoms with Crippen molar-refractivity contribution in [2.75, 3.05) is 6.61 Å².